The molecule has 0 aliphatic carbocycles. The molecular formula is C13H16F2O2. The van der Waals surface area contributed by atoms with Gasteiger partial charge in [0.15, 0.2) is 0 Å². The highest BCUT2D eigenvalue weighted by atomic mass is 19.1. The van der Waals surface area contributed by atoms with Crippen LogP contribution in [0.5, 0.6) is 0 Å². The number of rotatable bonds is 4. The predicted molar refractivity (Wildman–Crippen MR) is 59.7 cm³/mol. The van der Waals surface area contributed by atoms with Crippen LogP contribution in [-0.4, -0.2) is 24.9 Å². The Hall–Kier alpha value is -1.00. The summed E-state index contributed by atoms with van der Waals surface area (Å²) in [5, 5.41) is 9.38. The van der Waals surface area contributed by atoms with Gasteiger partial charge in [-0.05, 0) is 24.1 Å². The van der Waals surface area contributed by atoms with Gasteiger partial charge in [0.05, 0.1) is 18.6 Å². The van der Waals surface area contributed by atoms with E-state index in [2.05, 4.69) is 0 Å². The molecule has 1 saturated heterocycles. The van der Waals surface area contributed by atoms with Crippen LogP contribution in [0.2, 0.25) is 0 Å². The molecule has 1 atom stereocenters. The van der Waals surface area contributed by atoms with E-state index in [0.717, 1.165) is 12.1 Å². The SMILES string of the molecule is CCC(CO)C1(c2cc(F)ccc2F)COC1. The van der Waals surface area contributed by atoms with Crippen molar-refractivity contribution >= 4 is 0 Å². The van der Waals surface area contributed by atoms with E-state index < -0.39 is 17.0 Å². The zero-order valence-electron chi connectivity index (χ0n) is 9.75. The summed E-state index contributed by atoms with van der Waals surface area (Å²) in [5.41, 5.74) is -0.250. The maximum atomic E-state index is 13.8. The average molecular weight is 242 g/mol. The summed E-state index contributed by atoms with van der Waals surface area (Å²) in [4.78, 5) is 0. The van der Waals surface area contributed by atoms with Crippen molar-refractivity contribution in [3.05, 3.63) is 35.4 Å². The summed E-state index contributed by atoms with van der Waals surface area (Å²) >= 11 is 0. The Morgan fingerprint density at radius 2 is 2.12 bits per heavy atom. The van der Waals surface area contributed by atoms with Gasteiger partial charge in [-0.2, -0.15) is 0 Å². The maximum Gasteiger partial charge on any atom is 0.127 e. The van der Waals surface area contributed by atoms with Crippen LogP contribution in [0.4, 0.5) is 8.78 Å². The highest BCUT2D eigenvalue weighted by molar-refractivity contribution is 5.31. The van der Waals surface area contributed by atoms with Gasteiger partial charge < -0.3 is 9.84 Å². The van der Waals surface area contributed by atoms with Gasteiger partial charge in [-0.25, -0.2) is 8.78 Å². The van der Waals surface area contributed by atoms with Gasteiger partial charge in [-0.15, -0.1) is 0 Å². The molecule has 1 aromatic carbocycles. The van der Waals surface area contributed by atoms with Crippen LogP contribution in [0.3, 0.4) is 0 Å². The topological polar surface area (TPSA) is 29.5 Å². The second-order valence-electron chi connectivity index (χ2n) is 4.56. The van der Waals surface area contributed by atoms with Crippen LogP contribution in [0.1, 0.15) is 18.9 Å². The number of hydrogen-bond acceptors (Lipinski definition) is 2. The van der Waals surface area contributed by atoms with Gasteiger partial charge in [-0.3, -0.25) is 0 Å². The number of benzene rings is 1. The largest absolute Gasteiger partial charge is 0.396 e. The third kappa shape index (κ3) is 1.96. The first kappa shape index (κ1) is 12.5. The third-order valence-corrected chi connectivity index (χ3v) is 3.68. The highest BCUT2D eigenvalue weighted by Gasteiger charge is 2.47. The monoisotopic (exact) mass is 242 g/mol. The molecular weight excluding hydrogens is 226 g/mol. The summed E-state index contributed by atoms with van der Waals surface area (Å²) < 4.78 is 32.2. The molecule has 1 heterocycles. The van der Waals surface area contributed by atoms with E-state index in [4.69, 9.17) is 4.74 Å². The lowest BCUT2D eigenvalue weighted by molar-refractivity contribution is -0.103. The standard InChI is InChI=1S/C13H16F2O2/c1-2-9(6-16)13(7-17-8-13)11-5-10(14)3-4-12(11)15/h3-5,9,16H,2,6-8H2,1H3. The Kier molecular flexibility index (Phi) is 3.45. The van der Waals surface area contributed by atoms with Crippen LogP contribution in [0.15, 0.2) is 18.2 Å². The molecule has 0 saturated carbocycles. The third-order valence-electron chi connectivity index (χ3n) is 3.68. The second kappa shape index (κ2) is 4.70. The molecule has 2 nitrogen and oxygen atoms in total. The van der Waals surface area contributed by atoms with Crippen molar-refractivity contribution in [3.8, 4) is 0 Å². The smallest absolute Gasteiger partial charge is 0.127 e. The van der Waals surface area contributed by atoms with Crippen molar-refractivity contribution in [2.45, 2.75) is 18.8 Å². The van der Waals surface area contributed by atoms with Gasteiger partial charge in [0.25, 0.3) is 0 Å². The Labute approximate surface area is 99.2 Å². The van der Waals surface area contributed by atoms with Crippen LogP contribution in [-0.2, 0) is 10.2 Å². The van der Waals surface area contributed by atoms with Crippen molar-refractivity contribution in [1.29, 1.82) is 0 Å². The minimum absolute atomic E-state index is 0.0458. The molecule has 1 fully saturated rings. The molecule has 0 radical (unpaired) electrons. The minimum atomic E-state index is -0.574. The Balaban J connectivity index is 2.43. The van der Waals surface area contributed by atoms with Gasteiger partial charge in [-0.1, -0.05) is 13.3 Å². The molecule has 1 aliphatic heterocycles. The molecule has 0 bridgehead atoms. The molecule has 0 amide bonds. The molecule has 0 aromatic heterocycles. The van der Waals surface area contributed by atoms with Crippen molar-refractivity contribution in [3.63, 3.8) is 0 Å². The lowest BCUT2D eigenvalue weighted by Crippen LogP contribution is -2.54. The van der Waals surface area contributed by atoms with Crippen molar-refractivity contribution < 1.29 is 18.6 Å². The quantitative estimate of drug-likeness (QED) is 0.877. The summed E-state index contributed by atoms with van der Waals surface area (Å²) in [6, 6.07) is 3.46. The first-order chi connectivity index (χ1) is 8.14. The molecule has 1 aliphatic rings. The fourth-order valence-electron chi connectivity index (χ4n) is 2.51. The number of aliphatic hydroxyl groups excluding tert-OH is 1. The van der Waals surface area contributed by atoms with E-state index in [1.807, 2.05) is 6.92 Å². The maximum absolute atomic E-state index is 13.8. The molecule has 1 N–H and O–H groups in total. The fraction of sp³-hybridized carbons (Fsp3) is 0.538. The minimum Gasteiger partial charge on any atom is -0.396 e. The van der Waals surface area contributed by atoms with E-state index in [1.54, 1.807) is 0 Å². The zero-order valence-corrected chi connectivity index (χ0v) is 9.75. The van der Waals surface area contributed by atoms with E-state index in [0.29, 0.717) is 25.2 Å². The van der Waals surface area contributed by atoms with Gasteiger partial charge >= 0.3 is 0 Å². The van der Waals surface area contributed by atoms with E-state index in [1.165, 1.54) is 6.07 Å². The summed E-state index contributed by atoms with van der Waals surface area (Å²) in [5.74, 6) is -0.991. The zero-order chi connectivity index (χ0) is 12.5. The van der Waals surface area contributed by atoms with Crippen LogP contribution < -0.4 is 0 Å². The Morgan fingerprint density at radius 1 is 1.41 bits per heavy atom. The van der Waals surface area contributed by atoms with Crippen LogP contribution in [0.25, 0.3) is 0 Å². The lowest BCUT2D eigenvalue weighted by Gasteiger charge is -2.47. The van der Waals surface area contributed by atoms with Crippen molar-refractivity contribution in [2.75, 3.05) is 19.8 Å². The van der Waals surface area contributed by atoms with Gasteiger partial charge in [0, 0.05) is 12.2 Å². The Morgan fingerprint density at radius 3 is 2.59 bits per heavy atom. The predicted octanol–water partition coefficient (Wildman–Crippen LogP) is 2.25. The summed E-state index contributed by atoms with van der Waals surface area (Å²) in [6.07, 6.45) is 0.704. The first-order valence-electron chi connectivity index (χ1n) is 5.78. The fourth-order valence-corrected chi connectivity index (χ4v) is 2.51. The molecule has 4 heteroatoms. The average Bonchev–Trinajstić information content (AvgIpc) is 2.27. The second-order valence-corrected chi connectivity index (χ2v) is 4.56. The molecule has 17 heavy (non-hydrogen) atoms. The number of hydrogen-bond donors (Lipinski definition) is 1. The number of aliphatic hydroxyl groups is 1. The highest BCUT2D eigenvalue weighted by Crippen LogP contribution is 2.42. The number of ether oxygens (including phenoxy) is 1. The normalized spacial score (nSPS) is 19.8. The van der Waals surface area contributed by atoms with Gasteiger partial charge in [0.2, 0.25) is 0 Å². The molecule has 1 aromatic rings. The molecule has 0 spiro atoms. The summed E-state index contributed by atoms with van der Waals surface area (Å²) in [7, 11) is 0. The number of halogens is 2. The van der Waals surface area contributed by atoms with Crippen LogP contribution in [0, 0.1) is 17.6 Å². The van der Waals surface area contributed by atoms with E-state index in [-0.39, 0.29) is 12.5 Å². The molecule has 94 valence electrons. The molecule has 2 rings (SSSR count). The van der Waals surface area contributed by atoms with Gasteiger partial charge in [0.1, 0.15) is 11.6 Å². The summed E-state index contributed by atoms with van der Waals surface area (Å²) in [6.45, 7) is 2.56. The van der Waals surface area contributed by atoms with Crippen molar-refractivity contribution in [1.82, 2.24) is 0 Å². The molecule has 1 unspecified atom stereocenters. The first-order valence-corrected chi connectivity index (χ1v) is 5.78. The van der Waals surface area contributed by atoms with Crippen molar-refractivity contribution in [2.24, 2.45) is 5.92 Å². The Bertz CT molecular complexity index is 398. The van der Waals surface area contributed by atoms with E-state index >= 15 is 0 Å². The van der Waals surface area contributed by atoms with Crippen LogP contribution >= 0.6 is 0 Å². The lowest BCUT2D eigenvalue weighted by atomic mass is 9.67. The van der Waals surface area contributed by atoms with E-state index in [9.17, 15) is 13.9 Å².